The smallest absolute Gasteiger partial charge is 0.322 e. The van der Waals surface area contributed by atoms with E-state index in [2.05, 4.69) is 0 Å². The molecule has 1 unspecified atom stereocenters. The molecular weight excluding hydrogens is 366 g/mol. The van der Waals surface area contributed by atoms with Crippen molar-refractivity contribution in [3.8, 4) is 5.75 Å². The standard InChI is InChI=1S/C17H14ClNO5S/c1-23-15-7-4-11(8-14(15)18)16-13(9-24-17(16)20)10-2-5-12(6-3-10)25(19,21)22/h2-9,16H,1H3,(H2,19,21,22). The number of halogens is 1. The third-order valence-electron chi connectivity index (χ3n) is 3.87. The second-order valence-corrected chi connectivity index (χ2v) is 7.38. The van der Waals surface area contributed by atoms with E-state index < -0.39 is 21.9 Å². The van der Waals surface area contributed by atoms with Crippen LogP contribution in [0.3, 0.4) is 0 Å². The fourth-order valence-corrected chi connectivity index (χ4v) is 3.42. The van der Waals surface area contributed by atoms with E-state index in [1.807, 2.05) is 0 Å². The SMILES string of the molecule is COc1ccc(C2C(=O)OC=C2c2ccc(S(N)(=O)=O)cc2)cc1Cl. The van der Waals surface area contributed by atoms with Crippen LogP contribution in [-0.4, -0.2) is 21.5 Å². The first-order valence-electron chi connectivity index (χ1n) is 7.18. The van der Waals surface area contributed by atoms with Gasteiger partial charge in [-0.05, 0) is 35.4 Å². The molecule has 1 heterocycles. The lowest BCUT2D eigenvalue weighted by atomic mass is 9.88. The number of carbonyl (C=O) groups is 1. The number of hydrogen-bond donors (Lipinski definition) is 1. The summed E-state index contributed by atoms with van der Waals surface area (Å²) in [6.07, 6.45) is 1.36. The maximum atomic E-state index is 12.2. The largest absolute Gasteiger partial charge is 0.495 e. The van der Waals surface area contributed by atoms with Crippen LogP contribution in [0.1, 0.15) is 17.0 Å². The Hall–Kier alpha value is -2.35. The average Bonchev–Trinajstić information content (AvgIpc) is 2.95. The molecule has 0 amide bonds. The van der Waals surface area contributed by atoms with Gasteiger partial charge in [-0.1, -0.05) is 29.8 Å². The van der Waals surface area contributed by atoms with Crippen molar-refractivity contribution < 1.29 is 22.7 Å². The number of hydrogen-bond acceptors (Lipinski definition) is 5. The first-order valence-corrected chi connectivity index (χ1v) is 9.11. The number of nitrogens with two attached hydrogens (primary N) is 1. The summed E-state index contributed by atoms with van der Waals surface area (Å²) in [5.41, 5.74) is 1.90. The number of cyclic esters (lactones) is 1. The summed E-state index contributed by atoms with van der Waals surface area (Å²) in [5, 5.41) is 5.48. The number of methoxy groups -OCH3 is 1. The zero-order valence-electron chi connectivity index (χ0n) is 13.1. The summed E-state index contributed by atoms with van der Waals surface area (Å²) in [6.45, 7) is 0. The van der Waals surface area contributed by atoms with Crippen molar-refractivity contribution in [2.75, 3.05) is 7.11 Å². The van der Waals surface area contributed by atoms with Gasteiger partial charge in [0.2, 0.25) is 10.0 Å². The normalized spacial score (nSPS) is 17.2. The Morgan fingerprint density at radius 3 is 2.40 bits per heavy atom. The Balaban J connectivity index is 1.99. The molecule has 1 aliphatic rings. The zero-order valence-corrected chi connectivity index (χ0v) is 14.7. The minimum Gasteiger partial charge on any atom is -0.495 e. The van der Waals surface area contributed by atoms with Crippen molar-refractivity contribution in [3.05, 3.63) is 64.9 Å². The van der Waals surface area contributed by atoms with Crippen LogP contribution in [0.2, 0.25) is 5.02 Å². The number of sulfonamides is 1. The molecule has 0 radical (unpaired) electrons. The minimum absolute atomic E-state index is 0.00821. The van der Waals surface area contributed by atoms with Gasteiger partial charge in [0.25, 0.3) is 0 Å². The molecule has 2 N–H and O–H groups in total. The second kappa shape index (κ2) is 6.51. The van der Waals surface area contributed by atoms with Gasteiger partial charge >= 0.3 is 5.97 Å². The fraction of sp³-hybridized carbons (Fsp3) is 0.118. The molecule has 25 heavy (non-hydrogen) atoms. The van der Waals surface area contributed by atoms with Crippen LogP contribution < -0.4 is 9.88 Å². The molecule has 0 fully saturated rings. The molecule has 8 heteroatoms. The molecule has 0 saturated carbocycles. The third kappa shape index (κ3) is 3.39. The molecule has 6 nitrogen and oxygen atoms in total. The number of benzene rings is 2. The number of esters is 1. The van der Waals surface area contributed by atoms with Crippen LogP contribution in [0.5, 0.6) is 5.75 Å². The Kier molecular flexibility index (Phi) is 4.55. The van der Waals surface area contributed by atoms with E-state index in [4.69, 9.17) is 26.2 Å². The fourth-order valence-electron chi connectivity index (χ4n) is 2.63. The van der Waals surface area contributed by atoms with Crippen LogP contribution in [0.4, 0.5) is 0 Å². The van der Waals surface area contributed by atoms with Gasteiger partial charge in [0, 0.05) is 5.57 Å². The number of rotatable bonds is 4. The maximum Gasteiger partial charge on any atom is 0.322 e. The van der Waals surface area contributed by atoms with E-state index in [0.29, 0.717) is 27.5 Å². The van der Waals surface area contributed by atoms with Crippen molar-refractivity contribution in [2.45, 2.75) is 10.8 Å². The predicted octanol–water partition coefficient (Wildman–Crippen LogP) is 2.68. The monoisotopic (exact) mass is 379 g/mol. The van der Waals surface area contributed by atoms with Crippen LogP contribution in [0.25, 0.3) is 5.57 Å². The molecule has 0 spiro atoms. The molecule has 1 atom stereocenters. The molecule has 130 valence electrons. The predicted molar refractivity (Wildman–Crippen MR) is 92.6 cm³/mol. The Morgan fingerprint density at radius 2 is 1.84 bits per heavy atom. The molecule has 3 rings (SSSR count). The van der Waals surface area contributed by atoms with Gasteiger partial charge in [0.05, 0.1) is 23.3 Å². The summed E-state index contributed by atoms with van der Waals surface area (Å²) in [5.74, 6) is -0.602. The van der Waals surface area contributed by atoms with Crippen LogP contribution >= 0.6 is 11.6 Å². The van der Waals surface area contributed by atoms with Crippen molar-refractivity contribution >= 4 is 33.2 Å². The van der Waals surface area contributed by atoms with Gasteiger partial charge in [-0.25, -0.2) is 13.6 Å². The van der Waals surface area contributed by atoms with Gasteiger partial charge in [-0.2, -0.15) is 0 Å². The Morgan fingerprint density at radius 1 is 1.16 bits per heavy atom. The van der Waals surface area contributed by atoms with Crippen LogP contribution in [0, 0.1) is 0 Å². The maximum absolute atomic E-state index is 12.2. The lowest BCUT2D eigenvalue weighted by Crippen LogP contribution is -2.12. The molecule has 2 aromatic rings. The van der Waals surface area contributed by atoms with E-state index in [-0.39, 0.29) is 4.90 Å². The third-order valence-corrected chi connectivity index (χ3v) is 5.10. The Bertz CT molecular complexity index is 967. The van der Waals surface area contributed by atoms with Gasteiger partial charge < -0.3 is 9.47 Å². The average molecular weight is 380 g/mol. The van der Waals surface area contributed by atoms with Crippen molar-refractivity contribution in [2.24, 2.45) is 5.14 Å². The molecule has 2 aromatic carbocycles. The molecule has 0 aromatic heterocycles. The molecule has 1 aliphatic heterocycles. The summed E-state index contributed by atoms with van der Waals surface area (Å²) in [6, 6.07) is 11.0. The molecule has 0 bridgehead atoms. The quantitative estimate of drug-likeness (QED) is 0.824. The molecule has 0 saturated heterocycles. The van der Waals surface area contributed by atoms with Gasteiger partial charge in [-0.15, -0.1) is 0 Å². The topological polar surface area (TPSA) is 95.7 Å². The lowest BCUT2D eigenvalue weighted by molar-refractivity contribution is -0.136. The van der Waals surface area contributed by atoms with Crippen LogP contribution in [-0.2, 0) is 19.6 Å². The summed E-state index contributed by atoms with van der Waals surface area (Å²) >= 11 is 6.14. The number of ether oxygens (including phenoxy) is 2. The van der Waals surface area contributed by atoms with Crippen molar-refractivity contribution in [1.82, 2.24) is 0 Å². The summed E-state index contributed by atoms with van der Waals surface area (Å²) in [4.78, 5) is 12.2. The highest BCUT2D eigenvalue weighted by molar-refractivity contribution is 7.89. The number of carbonyl (C=O) groups excluding carboxylic acids is 1. The van der Waals surface area contributed by atoms with E-state index in [1.54, 1.807) is 30.3 Å². The number of primary sulfonamides is 1. The molecular formula is C17H14ClNO5S. The highest BCUT2D eigenvalue weighted by atomic mass is 35.5. The van der Waals surface area contributed by atoms with Crippen LogP contribution in [0.15, 0.2) is 53.6 Å². The lowest BCUT2D eigenvalue weighted by Gasteiger charge is -2.14. The first kappa shape index (κ1) is 17.5. The van der Waals surface area contributed by atoms with Gasteiger partial charge in [0.1, 0.15) is 11.7 Å². The highest BCUT2D eigenvalue weighted by Gasteiger charge is 2.33. The molecule has 0 aliphatic carbocycles. The highest BCUT2D eigenvalue weighted by Crippen LogP contribution is 2.40. The zero-order chi connectivity index (χ0) is 18.2. The van der Waals surface area contributed by atoms with E-state index >= 15 is 0 Å². The van der Waals surface area contributed by atoms with Gasteiger partial charge in [-0.3, -0.25) is 4.79 Å². The van der Waals surface area contributed by atoms with Crippen molar-refractivity contribution in [1.29, 1.82) is 0 Å². The summed E-state index contributed by atoms with van der Waals surface area (Å²) in [7, 11) is -2.28. The summed E-state index contributed by atoms with van der Waals surface area (Å²) < 4.78 is 32.9. The first-order chi connectivity index (χ1) is 11.8. The minimum atomic E-state index is -3.78. The second-order valence-electron chi connectivity index (χ2n) is 5.41. The Labute approximate surface area is 149 Å². The van der Waals surface area contributed by atoms with E-state index in [9.17, 15) is 13.2 Å². The van der Waals surface area contributed by atoms with Gasteiger partial charge in [0.15, 0.2) is 0 Å². The van der Waals surface area contributed by atoms with E-state index in [1.165, 1.54) is 25.5 Å². The van der Waals surface area contributed by atoms with E-state index in [0.717, 1.165) is 0 Å². The van der Waals surface area contributed by atoms with Crippen molar-refractivity contribution in [3.63, 3.8) is 0 Å².